The SMILES string of the molecule is COc1ccc(CCC(O)Cc2cccc(Cl)c2F)cc1. The van der Waals surface area contributed by atoms with E-state index in [1.54, 1.807) is 19.2 Å². The highest BCUT2D eigenvalue weighted by Gasteiger charge is 2.11. The molecular formula is C17H18ClFO2. The van der Waals surface area contributed by atoms with E-state index in [1.807, 2.05) is 24.3 Å². The summed E-state index contributed by atoms with van der Waals surface area (Å²) in [5, 5.41) is 10.1. The summed E-state index contributed by atoms with van der Waals surface area (Å²) in [6, 6.07) is 12.5. The Balaban J connectivity index is 1.89. The van der Waals surface area contributed by atoms with Crippen molar-refractivity contribution >= 4 is 11.6 Å². The lowest BCUT2D eigenvalue weighted by molar-refractivity contribution is 0.164. The lowest BCUT2D eigenvalue weighted by Gasteiger charge is -2.12. The van der Waals surface area contributed by atoms with Crippen molar-refractivity contribution in [2.24, 2.45) is 0 Å². The number of aryl methyl sites for hydroxylation is 1. The van der Waals surface area contributed by atoms with E-state index in [2.05, 4.69) is 0 Å². The van der Waals surface area contributed by atoms with Gasteiger partial charge in [-0.05, 0) is 42.2 Å². The maximum Gasteiger partial charge on any atom is 0.145 e. The van der Waals surface area contributed by atoms with Crippen LogP contribution in [0.15, 0.2) is 42.5 Å². The van der Waals surface area contributed by atoms with Crippen molar-refractivity contribution < 1.29 is 14.2 Å². The molecule has 0 aliphatic heterocycles. The van der Waals surface area contributed by atoms with Crippen LogP contribution in [-0.4, -0.2) is 18.3 Å². The van der Waals surface area contributed by atoms with Gasteiger partial charge < -0.3 is 9.84 Å². The molecule has 1 N–H and O–H groups in total. The number of methoxy groups -OCH3 is 1. The second kappa shape index (κ2) is 7.43. The molecule has 0 aliphatic rings. The smallest absolute Gasteiger partial charge is 0.145 e. The first-order valence-electron chi connectivity index (χ1n) is 6.84. The number of aliphatic hydroxyl groups excluding tert-OH is 1. The molecule has 1 atom stereocenters. The lowest BCUT2D eigenvalue weighted by atomic mass is 10.0. The Morgan fingerprint density at radius 3 is 2.57 bits per heavy atom. The maximum absolute atomic E-state index is 13.8. The van der Waals surface area contributed by atoms with Crippen LogP contribution in [0.4, 0.5) is 4.39 Å². The molecule has 0 heterocycles. The van der Waals surface area contributed by atoms with Gasteiger partial charge in [-0.3, -0.25) is 0 Å². The molecule has 0 amide bonds. The summed E-state index contributed by atoms with van der Waals surface area (Å²) in [6.07, 6.45) is 0.967. The minimum absolute atomic E-state index is 0.0925. The number of benzene rings is 2. The minimum Gasteiger partial charge on any atom is -0.497 e. The highest BCUT2D eigenvalue weighted by atomic mass is 35.5. The summed E-state index contributed by atoms with van der Waals surface area (Å²) >= 11 is 5.73. The van der Waals surface area contributed by atoms with Crippen LogP contribution < -0.4 is 4.74 Å². The predicted octanol–water partition coefficient (Wildman–Crippen LogP) is 4.02. The molecule has 0 aliphatic carbocycles. The van der Waals surface area contributed by atoms with E-state index < -0.39 is 11.9 Å². The van der Waals surface area contributed by atoms with E-state index in [9.17, 15) is 9.50 Å². The normalized spacial score (nSPS) is 12.2. The van der Waals surface area contributed by atoms with Gasteiger partial charge in [0.15, 0.2) is 0 Å². The van der Waals surface area contributed by atoms with E-state index >= 15 is 0 Å². The molecule has 2 rings (SSSR count). The van der Waals surface area contributed by atoms with Crippen molar-refractivity contribution in [1.29, 1.82) is 0 Å². The van der Waals surface area contributed by atoms with Gasteiger partial charge in [0, 0.05) is 6.42 Å². The van der Waals surface area contributed by atoms with Gasteiger partial charge >= 0.3 is 0 Å². The summed E-state index contributed by atoms with van der Waals surface area (Å²) in [6.45, 7) is 0. The summed E-state index contributed by atoms with van der Waals surface area (Å²) in [4.78, 5) is 0. The van der Waals surface area contributed by atoms with Gasteiger partial charge in [0.25, 0.3) is 0 Å². The van der Waals surface area contributed by atoms with Gasteiger partial charge in [-0.15, -0.1) is 0 Å². The van der Waals surface area contributed by atoms with E-state index in [-0.39, 0.29) is 11.4 Å². The summed E-state index contributed by atoms with van der Waals surface area (Å²) < 4.78 is 18.8. The molecule has 0 aromatic heterocycles. The summed E-state index contributed by atoms with van der Waals surface area (Å²) in [7, 11) is 1.62. The van der Waals surface area contributed by atoms with Crippen molar-refractivity contribution in [2.75, 3.05) is 7.11 Å². The van der Waals surface area contributed by atoms with Gasteiger partial charge in [-0.2, -0.15) is 0 Å². The zero-order valence-electron chi connectivity index (χ0n) is 11.9. The fourth-order valence-electron chi connectivity index (χ4n) is 2.19. The topological polar surface area (TPSA) is 29.5 Å². The van der Waals surface area contributed by atoms with Crippen molar-refractivity contribution in [3.63, 3.8) is 0 Å². The molecule has 2 aromatic carbocycles. The van der Waals surface area contributed by atoms with E-state index in [0.717, 1.165) is 17.7 Å². The van der Waals surface area contributed by atoms with Crippen LogP contribution in [0.2, 0.25) is 5.02 Å². The Morgan fingerprint density at radius 2 is 1.90 bits per heavy atom. The zero-order chi connectivity index (χ0) is 15.2. The fourth-order valence-corrected chi connectivity index (χ4v) is 2.38. The number of rotatable bonds is 6. The first-order chi connectivity index (χ1) is 10.1. The second-order valence-electron chi connectivity index (χ2n) is 4.96. The first kappa shape index (κ1) is 15.8. The Hall–Kier alpha value is -1.58. The van der Waals surface area contributed by atoms with Crippen LogP contribution in [0, 0.1) is 5.82 Å². The molecule has 21 heavy (non-hydrogen) atoms. The molecule has 0 bridgehead atoms. The summed E-state index contributed by atoms with van der Waals surface area (Å²) in [5.41, 5.74) is 1.56. The van der Waals surface area contributed by atoms with Gasteiger partial charge in [0.05, 0.1) is 18.2 Å². The molecule has 0 saturated heterocycles. The highest BCUT2D eigenvalue weighted by Crippen LogP contribution is 2.20. The molecule has 1 unspecified atom stereocenters. The quantitative estimate of drug-likeness (QED) is 0.873. The third-order valence-electron chi connectivity index (χ3n) is 3.41. The third kappa shape index (κ3) is 4.45. The number of hydrogen-bond donors (Lipinski definition) is 1. The molecule has 2 aromatic rings. The molecule has 112 valence electrons. The van der Waals surface area contributed by atoms with Crippen LogP contribution in [-0.2, 0) is 12.8 Å². The fraction of sp³-hybridized carbons (Fsp3) is 0.294. The Kier molecular flexibility index (Phi) is 5.59. The largest absolute Gasteiger partial charge is 0.497 e. The predicted molar refractivity (Wildman–Crippen MR) is 82.4 cm³/mol. The third-order valence-corrected chi connectivity index (χ3v) is 3.70. The molecule has 2 nitrogen and oxygen atoms in total. The highest BCUT2D eigenvalue weighted by molar-refractivity contribution is 6.30. The Morgan fingerprint density at radius 1 is 1.19 bits per heavy atom. The molecule has 0 fully saturated rings. The second-order valence-corrected chi connectivity index (χ2v) is 5.36. The van der Waals surface area contributed by atoms with Crippen molar-refractivity contribution in [1.82, 2.24) is 0 Å². The van der Waals surface area contributed by atoms with Gasteiger partial charge in [0.1, 0.15) is 11.6 Å². The standard InChI is InChI=1S/C17H18ClFO2/c1-21-15-9-6-12(7-10-15)5-8-14(20)11-13-3-2-4-16(18)17(13)19/h2-4,6-7,9-10,14,20H,5,8,11H2,1H3. The van der Waals surface area contributed by atoms with Crippen LogP contribution in [0.3, 0.4) is 0 Å². The maximum atomic E-state index is 13.8. The van der Waals surface area contributed by atoms with Crippen LogP contribution in [0.5, 0.6) is 5.75 Å². The van der Waals surface area contributed by atoms with Crippen molar-refractivity contribution in [2.45, 2.75) is 25.4 Å². The van der Waals surface area contributed by atoms with E-state index in [1.165, 1.54) is 6.07 Å². The number of halogens is 2. The van der Waals surface area contributed by atoms with Crippen LogP contribution in [0.25, 0.3) is 0 Å². The van der Waals surface area contributed by atoms with E-state index in [4.69, 9.17) is 16.3 Å². The Bertz CT molecular complexity index is 584. The average molecular weight is 309 g/mol. The van der Waals surface area contributed by atoms with Crippen molar-refractivity contribution in [3.8, 4) is 5.75 Å². The van der Waals surface area contributed by atoms with Gasteiger partial charge in [-0.25, -0.2) is 4.39 Å². The van der Waals surface area contributed by atoms with Crippen LogP contribution in [0.1, 0.15) is 17.5 Å². The monoisotopic (exact) mass is 308 g/mol. The number of hydrogen-bond acceptors (Lipinski definition) is 2. The minimum atomic E-state index is -0.597. The Labute approximate surface area is 129 Å². The van der Waals surface area contributed by atoms with Gasteiger partial charge in [0.2, 0.25) is 0 Å². The lowest BCUT2D eigenvalue weighted by Crippen LogP contribution is -2.12. The first-order valence-corrected chi connectivity index (χ1v) is 7.22. The molecule has 0 radical (unpaired) electrons. The van der Waals surface area contributed by atoms with E-state index in [0.29, 0.717) is 12.0 Å². The molecule has 0 spiro atoms. The molecular weight excluding hydrogens is 291 g/mol. The van der Waals surface area contributed by atoms with Crippen LogP contribution >= 0.6 is 11.6 Å². The number of ether oxygens (including phenoxy) is 1. The molecule has 4 heteroatoms. The number of aliphatic hydroxyl groups is 1. The molecule has 0 saturated carbocycles. The summed E-state index contributed by atoms with van der Waals surface area (Å²) in [5.74, 6) is 0.364. The van der Waals surface area contributed by atoms with Gasteiger partial charge in [-0.1, -0.05) is 35.9 Å². The van der Waals surface area contributed by atoms with Crippen molar-refractivity contribution in [3.05, 3.63) is 64.4 Å². The average Bonchev–Trinajstić information content (AvgIpc) is 2.50. The zero-order valence-corrected chi connectivity index (χ0v) is 12.6.